The molecule has 0 radical (unpaired) electrons. The van der Waals surface area contributed by atoms with Crippen molar-refractivity contribution in [1.82, 2.24) is 39.9 Å². The van der Waals surface area contributed by atoms with Crippen LogP contribution >= 0.6 is 11.3 Å². The number of aromatic amines is 1. The molecule has 6 heterocycles. The third-order valence-corrected chi connectivity index (χ3v) is 7.01. The molecule has 0 bridgehead atoms. The Bertz CT molecular complexity index is 1240. The molecule has 0 saturated carbocycles. The number of hydrogen-bond donors (Lipinski definition) is 1. The van der Waals surface area contributed by atoms with Crippen molar-refractivity contribution in [3.63, 3.8) is 0 Å². The van der Waals surface area contributed by atoms with Crippen LogP contribution in [0.1, 0.15) is 43.9 Å². The highest BCUT2D eigenvalue weighted by atomic mass is 32.1. The van der Waals surface area contributed by atoms with Crippen LogP contribution in [0.2, 0.25) is 0 Å². The molecule has 0 amide bonds. The minimum Gasteiger partial charge on any atom is -0.381 e. The summed E-state index contributed by atoms with van der Waals surface area (Å²) >= 11 is 1.56. The molecule has 0 spiro atoms. The molecule has 1 fully saturated rings. The van der Waals surface area contributed by atoms with Gasteiger partial charge >= 0.3 is 0 Å². The summed E-state index contributed by atoms with van der Waals surface area (Å²) < 4.78 is 7.75. The maximum absolute atomic E-state index is 5.65. The van der Waals surface area contributed by atoms with E-state index in [1.807, 2.05) is 18.5 Å². The molecule has 0 aliphatic carbocycles. The second-order valence-electron chi connectivity index (χ2n) is 8.01. The number of nitrogens with one attached hydrogen (secondary N) is 1. The Balaban J connectivity index is 1.53. The fourth-order valence-corrected chi connectivity index (χ4v) is 5.39. The van der Waals surface area contributed by atoms with Gasteiger partial charge in [-0.25, -0.2) is 15.0 Å². The molecular formula is C21H23N9OS. The van der Waals surface area contributed by atoms with Crippen molar-refractivity contribution >= 4 is 17.2 Å². The zero-order valence-corrected chi connectivity index (χ0v) is 18.7. The van der Waals surface area contributed by atoms with E-state index in [4.69, 9.17) is 14.7 Å². The lowest BCUT2D eigenvalue weighted by Gasteiger charge is -2.43. The zero-order chi connectivity index (χ0) is 21.7. The molecule has 2 aliphatic heterocycles. The molecule has 11 heteroatoms. The maximum atomic E-state index is 5.65. The summed E-state index contributed by atoms with van der Waals surface area (Å²) in [4.78, 5) is 16.7. The summed E-state index contributed by atoms with van der Waals surface area (Å²) in [6, 6.07) is 0.418. The Hall–Kier alpha value is -3.18. The maximum Gasteiger partial charge on any atom is 0.165 e. The van der Waals surface area contributed by atoms with Crippen LogP contribution in [-0.2, 0) is 4.74 Å². The van der Waals surface area contributed by atoms with Crippen LogP contribution in [-0.4, -0.2) is 59.2 Å². The molecule has 4 aromatic rings. The lowest BCUT2D eigenvalue weighted by Crippen LogP contribution is -2.45. The van der Waals surface area contributed by atoms with E-state index in [-0.39, 0.29) is 6.04 Å². The minimum atomic E-state index is 0.0948. The summed E-state index contributed by atoms with van der Waals surface area (Å²) in [5, 5.41) is 19.0. The van der Waals surface area contributed by atoms with Gasteiger partial charge in [-0.1, -0.05) is 6.92 Å². The van der Waals surface area contributed by atoms with E-state index < -0.39 is 0 Å². The molecule has 164 valence electrons. The van der Waals surface area contributed by atoms with Crippen molar-refractivity contribution < 1.29 is 4.74 Å². The second kappa shape index (κ2) is 7.75. The molecule has 6 rings (SSSR count). The first kappa shape index (κ1) is 19.5. The van der Waals surface area contributed by atoms with Crippen molar-refractivity contribution in [2.75, 3.05) is 18.1 Å². The first-order valence-corrected chi connectivity index (χ1v) is 11.7. The van der Waals surface area contributed by atoms with Crippen LogP contribution in [0.3, 0.4) is 0 Å². The van der Waals surface area contributed by atoms with Gasteiger partial charge in [0, 0.05) is 30.8 Å². The molecule has 2 aliphatic rings. The average molecular weight is 450 g/mol. The van der Waals surface area contributed by atoms with Gasteiger partial charge in [0.25, 0.3) is 0 Å². The van der Waals surface area contributed by atoms with Crippen LogP contribution < -0.4 is 4.90 Å². The van der Waals surface area contributed by atoms with Gasteiger partial charge < -0.3 is 9.64 Å². The third kappa shape index (κ3) is 2.95. The summed E-state index contributed by atoms with van der Waals surface area (Å²) in [6.07, 6.45) is 8.26. The van der Waals surface area contributed by atoms with Gasteiger partial charge in [-0.3, -0.25) is 9.67 Å². The Morgan fingerprint density at radius 2 is 2.06 bits per heavy atom. The number of fused-ring (bicyclic) bond motifs is 3. The highest BCUT2D eigenvalue weighted by Crippen LogP contribution is 2.42. The molecule has 10 nitrogen and oxygen atoms in total. The number of aryl methyl sites for hydroxylation is 1. The number of H-pyrrole nitrogens is 1. The highest BCUT2D eigenvalue weighted by Gasteiger charge is 2.39. The fraction of sp³-hybridized carbons (Fsp3) is 0.429. The van der Waals surface area contributed by atoms with Crippen LogP contribution in [0.15, 0.2) is 24.0 Å². The molecule has 4 aromatic heterocycles. The zero-order valence-electron chi connectivity index (χ0n) is 17.9. The van der Waals surface area contributed by atoms with E-state index in [1.54, 1.807) is 23.7 Å². The highest BCUT2D eigenvalue weighted by molar-refractivity contribution is 7.13. The second-order valence-corrected chi connectivity index (χ2v) is 8.91. The first-order chi connectivity index (χ1) is 15.8. The molecule has 1 N–H and O–H groups in total. The van der Waals surface area contributed by atoms with Crippen molar-refractivity contribution in [2.45, 2.75) is 45.2 Å². The fourth-order valence-electron chi connectivity index (χ4n) is 4.74. The van der Waals surface area contributed by atoms with Gasteiger partial charge in [-0.05, 0) is 26.2 Å². The number of rotatable bonds is 4. The largest absolute Gasteiger partial charge is 0.381 e. The van der Waals surface area contributed by atoms with Crippen LogP contribution in [0.4, 0.5) is 5.82 Å². The molecule has 0 aromatic carbocycles. The lowest BCUT2D eigenvalue weighted by molar-refractivity contribution is 0.0817. The van der Waals surface area contributed by atoms with Crippen LogP contribution in [0, 0.1) is 6.92 Å². The predicted molar refractivity (Wildman–Crippen MR) is 120 cm³/mol. The van der Waals surface area contributed by atoms with Gasteiger partial charge in [0.1, 0.15) is 22.2 Å². The minimum absolute atomic E-state index is 0.0948. The van der Waals surface area contributed by atoms with Crippen molar-refractivity contribution in [2.24, 2.45) is 0 Å². The van der Waals surface area contributed by atoms with Crippen molar-refractivity contribution in [3.8, 4) is 27.8 Å². The number of nitrogens with zero attached hydrogens (tertiary/aromatic N) is 8. The average Bonchev–Trinajstić information content (AvgIpc) is 3.59. The van der Waals surface area contributed by atoms with Gasteiger partial charge in [-0.2, -0.15) is 5.10 Å². The molecule has 1 atom stereocenters. The summed E-state index contributed by atoms with van der Waals surface area (Å²) in [6.45, 7) is 5.68. The number of anilines is 1. The van der Waals surface area contributed by atoms with E-state index in [9.17, 15) is 0 Å². The Morgan fingerprint density at radius 1 is 1.19 bits per heavy atom. The lowest BCUT2D eigenvalue weighted by atomic mass is 10.0. The Labute approximate surface area is 188 Å². The summed E-state index contributed by atoms with van der Waals surface area (Å²) in [5.74, 6) is 3.33. The SMILES string of the molecule is CCC1c2nnc(C)n2-c2cnc(-c3cn[nH]c3-c3nccs3)nc2N1C1CCOCC1. The number of hydrogen-bond acceptors (Lipinski definition) is 9. The van der Waals surface area contributed by atoms with Crippen molar-refractivity contribution in [1.29, 1.82) is 0 Å². The monoisotopic (exact) mass is 449 g/mol. The van der Waals surface area contributed by atoms with Crippen LogP contribution in [0.25, 0.3) is 27.8 Å². The van der Waals surface area contributed by atoms with E-state index >= 15 is 0 Å². The van der Waals surface area contributed by atoms with E-state index in [2.05, 4.69) is 41.8 Å². The van der Waals surface area contributed by atoms with Gasteiger partial charge in [0.15, 0.2) is 17.5 Å². The number of ether oxygens (including phenoxy) is 1. The number of thiazole rings is 1. The molecule has 32 heavy (non-hydrogen) atoms. The standard InChI is InChI=1S/C21H23N9OS/c1-3-15-20-28-26-12(2)29(20)16-11-23-18(14-10-24-27-17(14)21-22-6-9-32-21)25-19(16)30(15)13-4-7-31-8-5-13/h6,9-11,13,15H,3-5,7-8H2,1-2H3,(H,24,27). The normalized spacial score (nSPS) is 18.6. The quantitative estimate of drug-likeness (QED) is 0.505. The topological polar surface area (TPSA) is 111 Å². The first-order valence-electron chi connectivity index (χ1n) is 10.8. The summed E-state index contributed by atoms with van der Waals surface area (Å²) in [5.41, 5.74) is 2.59. The molecular weight excluding hydrogens is 426 g/mol. The number of aromatic nitrogens is 8. The molecule has 1 unspecified atom stereocenters. The Morgan fingerprint density at radius 3 is 2.84 bits per heavy atom. The van der Waals surface area contributed by atoms with Crippen molar-refractivity contribution in [3.05, 3.63) is 35.6 Å². The Kier molecular flexibility index (Phi) is 4.72. The van der Waals surface area contributed by atoms with Gasteiger partial charge in [0.05, 0.1) is 24.0 Å². The van der Waals surface area contributed by atoms with E-state index in [1.165, 1.54) is 0 Å². The van der Waals surface area contributed by atoms with E-state index in [0.717, 1.165) is 71.9 Å². The third-order valence-electron chi connectivity index (χ3n) is 6.22. The van der Waals surface area contributed by atoms with E-state index in [0.29, 0.717) is 11.9 Å². The van der Waals surface area contributed by atoms with Gasteiger partial charge in [0.2, 0.25) is 0 Å². The molecule has 1 saturated heterocycles. The smallest absolute Gasteiger partial charge is 0.165 e. The predicted octanol–water partition coefficient (Wildman–Crippen LogP) is 3.33. The summed E-state index contributed by atoms with van der Waals surface area (Å²) in [7, 11) is 0. The van der Waals surface area contributed by atoms with Crippen LogP contribution in [0.5, 0.6) is 0 Å². The van der Waals surface area contributed by atoms with Gasteiger partial charge in [-0.15, -0.1) is 21.5 Å².